The van der Waals surface area contributed by atoms with Gasteiger partial charge >= 0.3 is 11.9 Å². The lowest BCUT2D eigenvalue weighted by atomic mass is 10.3. The van der Waals surface area contributed by atoms with Crippen LogP contribution in [0.3, 0.4) is 0 Å². The number of hydrogen-bond donors (Lipinski definition) is 0. The molecule has 0 heterocycles. The fourth-order valence-corrected chi connectivity index (χ4v) is 1.73. The topological polar surface area (TPSA) is 71.1 Å². The minimum absolute atomic E-state index is 0.283. The number of ether oxygens (including phenoxy) is 4. The SMILES string of the molecule is C=C(C)C(=O)OCCCOc1cccc(OCCCOC(=O)C(=C)C)c1. The zero-order valence-electron chi connectivity index (χ0n) is 15.4. The average Bonchev–Trinajstić information content (AvgIpc) is 2.61. The maximum Gasteiger partial charge on any atom is 0.333 e. The summed E-state index contributed by atoms with van der Waals surface area (Å²) in [6.07, 6.45) is 1.16. The van der Waals surface area contributed by atoms with Crippen LogP contribution in [0.2, 0.25) is 0 Å². The van der Waals surface area contributed by atoms with Gasteiger partial charge in [-0.3, -0.25) is 0 Å². The van der Waals surface area contributed by atoms with Gasteiger partial charge in [-0.1, -0.05) is 19.2 Å². The Morgan fingerprint density at radius 1 is 0.808 bits per heavy atom. The summed E-state index contributed by atoms with van der Waals surface area (Å²) >= 11 is 0. The number of esters is 2. The van der Waals surface area contributed by atoms with Gasteiger partial charge in [0.2, 0.25) is 0 Å². The first-order valence-electron chi connectivity index (χ1n) is 8.41. The van der Waals surface area contributed by atoms with Crippen LogP contribution in [0.25, 0.3) is 0 Å². The molecule has 0 aliphatic heterocycles. The van der Waals surface area contributed by atoms with Crippen LogP contribution in [0, 0.1) is 0 Å². The molecule has 1 aromatic rings. The Morgan fingerprint density at radius 2 is 1.23 bits per heavy atom. The number of carbonyl (C=O) groups excluding carboxylic acids is 2. The van der Waals surface area contributed by atoms with E-state index in [0.29, 0.717) is 48.7 Å². The van der Waals surface area contributed by atoms with Crippen molar-refractivity contribution in [3.05, 3.63) is 48.6 Å². The van der Waals surface area contributed by atoms with Crippen molar-refractivity contribution in [2.75, 3.05) is 26.4 Å². The molecule has 1 aromatic carbocycles. The quantitative estimate of drug-likeness (QED) is 0.322. The molecule has 0 saturated heterocycles. The fourth-order valence-electron chi connectivity index (χ4n) is 1.73. The largest absolute Gasteiger partial charge is 0.493 e. The van der Waals surface area contributed by atoms with Crippen LogP contribution in [0.1, 0.15) is 26.7 Å². The van der Waals surface area contributed by atoms with Gasteiger partial charge < -0.3 is 18.9 Å². The molecule has 26 heavy (non-hydrogen) atoms. The molecule has 0 bridgehead atoms. The summed E-state index contributed by atoms with van der Waals surface area (Å²) in [7, 11) is 0. The predicted molar refractivity (Wildman–Crippen MR) is 98.2 cm³/mol. The van der Waals surface area contributed by atoms with E-state index in [1.54, 1.807) is 19.9 Å². The standard InChI is InChI=1S/C20H26O6/c1-15(2)19(21)25-12-6-10-23-17-8-5-9-18(14-17)24-11-7-13-26-20(22)16(3)4/h5,8-9,14H,1,3,6-7,10-13H2,2,4H3. The van der Waals surface area contributed by atoms with E-state index >= 15 is 0 Å². The zero-order chi connectivity index (χ0) is 19.4. The maximum atomic E-state index is 11.2. The number of hydrogen-bond acceptors (Lipinski definition) is 6. The van der Waals surface area contributed by atoms with Crippen molar-refractivity contribution in [1.29, 1.82) is 0 Å². The summed E-state index contributed by atoms with van der Waals surface area (Å²) in [5, 5.41) is 0. The predicted octanol–water partition coefficient (Wildman–Crippen LogP) is 3.46. The van der Waals surface area contributed by atoms with E-state index in [1.807, 2.05) is 18.2 Å². The van der Waals surface area contributed by atoms with E-state index in [4.69, 9.17) is 18.9 Å². The maximum absolute atomic E-state index is 11.2. The number of benzene rings is 1. The highest BCUT2D eigenvalue weighted by Gasteiger charge is 2.04. The van der Waals surface area contributed by atoms with E-state index in [1.165, 1.54) is 0 Å². The molecule has 0 spiro atoms. The van der Waals surface area contributed by atoms with E-state index in [9.17, 15) is 9.59 Å². The van der Waals surface area contributed by atoms with Gasteiger partial charge in [-0.25, -0.2) is 9.59 Å². The Morgan fingerprint density at radius 3 is 1.62 bits per heavy atom. The summed E-state index contributed by atoms with van der Waals surface area (Å²) in [5.41, 5.74) is 0.760. The molecule has 0 unspecified atom stereocenters. The zero-order valence-corrected chi connectivity index (χ0v) is 15.4. The molecule has 0 radical (unpaired) electrons. The number of carbonyl (C=O) groups is 2. The third-order valence-corrected chi connectivity index (χ3v) is 3.08. The van der Waals surface area contributed by atoms with Gasteiger partial charge in [-0.15, -0.1) is 0 Å². The van der Waals surface area contributed by atoms with E-state index < -0.39 is 11.9 Å². The highest BCUT2D eigenvalue weighted by atomic mass is 16.5. The third kappa shape index (κ3) is 8.92. The monoisotopic (exact) mass is 362 g/mol. The molecule has 0 atom stereocenters. The van der Waals surface area contributed by atoms with Crippen molar-refractivity contribution in [3.8, 4) is 11.5 Å². The molecular weight excluding hydrogens is 336 g/mol. The molecule has 6 heteroatoms. The highest BCUT2D eigenvalue weighted by Crippen LogP contribution is 2.19. The second-order valence-corrected chi connectivity index (χ2v) is 5.71. The van der Waals surface area contributed by atoms with Crippen molar-refractivity contribution < 1.29 is 28.5 Å². The van der Waals surface area contributed by atoms with E-state index in [-0.39, 0.29) is 13.2 Å². The Labute approximate surface area is 154 Å². The summed E-state index contributed by atoms with van der Waals surface area (Å²) in [4.78, 5) is 22.5. The molecule has 0 fully saturated rings. The van der Waals surface area contributed by atoms with Gasteiger partial charge in [0.1, 0.15) is 11.5 Å². The summed E-state index contributed by atoms with van der Waals surface area (Å²) in [6.45, 7) is 11.6. The Hall–Kier alpha value is -2.76. The van der Waals surface area contributed by atoms with Gasteiger partial charge in [-0.2, -0.15) is 0 Å². The lowest BCUT2D eigenvalue weighted by Gasteiger charge is -2.10. The molecule has 0 aliphatic carbocycles. The lowest BCUT2D eigenvalue weighted by Crippen LogP contribution is -2.09. The fraction of sp³-hybridized carbons (Fsp3) is 0.400. The van der Waals surface area contributed by atoms with Gasteiger partial charge in [0, 0.05) is 30.1 Å². The van der Waals surface area contributed by atoms with Crippen molar-refractivity contribution in [3.63, 3.8) is 0 Å². The van der Waals surface area contributed by atoms with Crippen LogP contribution in [0.4, 0.5) is 0 Å². The van der Waals surface area contributed by atoms with Crippen LogP contribution in [0.5, 0.6) is 11.5 Å². The van der Waals surface area contributed by atoms with Crippen molar-refractivity contribution in [2.45, 2.75) is 26.7 Å². The Bertz CT molecular complexity index is 584. The van der Waals surface area contributed by atoms with Crippen LogP contribution >= 0.6 is 0 Å². The minimum atomic E-state index is -0.394. The average molecular weight is 362 g/mol. The van der Waals surface area contributed by atoms with Crippen LogP contribution in [0.15, 0.2) is 48.6 Å². The van der Waals surface area contributed by atoms with Crippen molar-refractivity contribution >= 4 is 11.9 Å². The third-order valence-electron chi connectivity index (χ3n) is 3.08. The highest BCUT2D eigenvalue weighted by molar-refractivity contribution is 5.87. The molecule has 0 N–H and O–H groups in total. The molecule has 6 nitrogen and oxygen atoms in total. The van der Waals surface area contributed by atoms with Crippen LogP contribution < -0.4 is 9.47 Å². The molecule has 142 valence electrons. The summed E-state index contributed by atoms with van der Waals surface area (Å²) in [5.74, 6) is 0.550. The Kier molecular flexibility index (Phi) is 9.61. The van der Waals surface area contributed by atoms with E-state index in [0.717, 1.165) is 0 Å². The van der Waals surface area contributed by atoms with Crippen molar-refractivity contribution in [2.24, 2.45) is 0 Å². The Balaban J connectivity index is 2.22. The van der Waals surface area contributed by atoms with Crippen LogP contribution in [-0.2, 0) is 19.1 Å². The molecule has 0 saturated carbocycles. The van der Waals surface area contributed by atoms with Crippen LogP contribution in [-0.4, -0.2) is 38.4 Å². The molecule has 0 amide bonds. The summed E-state index contributed by atoms with van der Waals surface area (Å²) in [6, 6.07) is 7.25. The number of rotatable bonds is 12. The van der Waals surface area contributed by atoms with Gasteiger partial charge in [-0.05, 0) is 26.0 Å². The first-order chi connectivity index (χ1) is 12.4. The molecule has 1 rings (SSSR count). The first-order valence-corrected chi connectivity index (χ1v) is 8.41. The van der Waals surface area contributed by atoms with E-state index in [2.05, 4.69) is 13.2 Å². The molecular formula is C20H26O6. The van der Waals surface area contributed by atoms with Gasteiger partial charge in [0.05, 0.1) is 26.4 Å². The second-order valence-electron chi connectivity index (χ2n) is 5.71. The smallest absolute Gasteiger partial charge is 0.333 e. The van der Waals surface area contributed by atoms with Crippen molar-refractivity contribution in [1.82, 2.24) is 0 Å². The second kappa shape index (κ2) is 11.7. The van der Waals surface area contributed by atoms with Gasteiger partial charge in [0.15, 0.2) is 0 Å². The first kappa shape index (κ1) is 21.3. The minimum Gasteiger partial charge on any atom is -0.493 e. The summed E-state index contributed by atoms with van der Waals surface area (Å²) < 4.78 is 21.2. The van der Waals surface area contributed by atoms with Gasteiger partial charge in [0.25, 0.3) is 0 Å². The lowest BCUT2D eigenvalue weighted by molar-refractivity contribution is -0.140. The molecule has 0 aliphatic rings. The normalized spacial score (nSPS) is 9.92. The molecule has 0 aromatic heterocycles.